The van der Waals surface area contributed by atoms with Crippen molar-refractivity contribution >= 4 is 23.1 Å². The summed E-state index contributed by atoms with van der Waals surface area (Å²) in [6.07, 6.45) is 1.61. The Hall–Kier alpha value is -1.32. The third-order valence-corrected chi connectivity index (χ3v) is 11.5. The number of H-pyrrole nitrogens is 1. The Morgan fingerprint density at radius 2 is 1.94 bits per heavy atom. The van der Waals surface area contributed by atoms with Crippen molar-refractivity contribution in [1.29, 1.82) is 0 Å². The SMILES string of the molecule is CCN=COP(C)OC1C(CC)OC(n2cc(C)c(=O)[nH]c2=O)C1O[Si](C)(C)C(C)(C)C. The average Bonchev–Trinajstić information content (AvgIpc) is 3.00. The summed E-state index contributed by atoms with van der Waals surface area (Å²) in [5.74, 6) is 0. The normalized spacial score (nSPS) is 25.4. The van der Waals surface area contributed by atoms with Gasteiger partial charge >= 0.3 is 5.69 Å². The van der Waals surface area contributed by atoms with E-state index in [0.717, 1.165) is 0 Å². The highest BCUT2D eigenvalue weighted by molar-refractivity contribution is 7.46. The van der Waals surface area contributed by atoms with Crippen molar-refractivity contribution in [3.8, 4) is 0 Å². The molecule has 0 aromatic carbocycles. The first kappa shape index (κ1) is 26.9. The van der Waals surface area contributed by atoms with Crippen LogP contribution >= 0.6 is 8.38 Å². The maximum atomic E-state index is 12.7. The lowest BCUT2D eigenvalue weighted by molar-refractivity contribution is -0.0373. The molecule has 1 N–H and O–H groups in total. The fourth-order valence-corrected chi connectivity index (χ4v) is 5.31. The highest BCUT2D eigenvalue weighted by atomic mass is 31.2. The van der Waals surface area contributed by atoms with Gasteiger partial charge in [-0.05, 0) is 38.4 Å². The van der Waals surface area contributed by atoms with Gasteiger partial charge in [-0.15, -0.1) is 0 Å². The zero-order valence-corrected chi connectivity index (χ0v) is 22.6. The van der Waals surface area contributed by atoms with Crippen LogP contribution in [0.2, 0.25) is 18.1 Å². The summed E-state index contributed by atoms with van der Waals surface area (Å²) in [6, 6.07) is 0. The number of aryl methyl sites for hydroxylation is 1. The van der Waals surface area contributed by atoms with Gasteiger partial charge in [-0.3, -0.25) is 19.3 Å². The number of aliphatic imine (C=N–C) groups is 1. The number of nitrogens with one attached hydrogen (secondary N) is 1. The Balaban J connectivity index is 2.48. The summed E-state index contributed by atoms with van der Waals surface area (Å²) in [7, 11) is -3.54. The number of aromatic nitrogens is 2. The first-order valence-corrected chi connectivity index (χ1v) is 15.6. The number of hydrogen-bond acceptors (Lipinski definition) is 7. The number of ether oxygens (including phenoxy) is 1. The molecule has 1 aromatic heterocycles. The maximum Gasteiger partial charge on any atom is 0.330 e. The highest BCUT2D eigenvalue weighted by Crippen LogP contribution is 2.46. The van der Waals surface area contributed by atoms with Crippen molar-refractivity contribution in [2.45, 2.75) is 90.6 Å². The van der Waals surface area contributed by atoms with E-state index in [4.69, 9.17) is 18.2 Å². The molecule has 1 aliphatic heterocycles. The molecule has 5 unspecified atom stereocenters. The minimum atomic E-state index is -2.26. The van der Waals surface area contributed by atoms with Crippen molar-refractivity contribution in [3.63, 3.8) is 0 Å². The van der Waals surface area contributed by atoms with Crippen molar-refractivity contribution in [2.75, 3.05) is 13.2 Å². The van der Waals surface area contributed by atoms with Crippen LogP contribution in [0.15, 0.2) is 20.8 Å². The summed E-state index contributed by atoms with van der Waals surface area (Å²) >= 11 is 0. The number of nitrogens with zero attached hydrogens (tertiary/aromatic N) is 2. The Morgan fingerprint density at radius 3 is 2.50 bits per heavy atom. The van der Waals surface area contributed by atoms with E-state index in [2.05, 4.69) is 43.8 Å². The second-order valence-corrected chi connectivity index (χ2v) is 15.6. The second kappa shape index (κ2) is 10.7. The van der Waals surface area contributed by atoms with Crippen LogP contribution in [0.4, 0.5) is 0 Å². The van der Waals surface area contributed by atoms with Gasteiger partial charge < -0.3 is 18.2 Å². The average molecular weight is 488 g/mol. The van der Waals surface area contributed by atoms with Crippen molar-refractivity contribution < 1.29 is 18.2 Å². The lowest BCUT2D eigenvalue weighted by atomic mass is 10.1. The van der Waals surface area contributed by atoms with E-state index in [9.17, 15) is 9.59 Å². The topological polar surface area (TPSA) is 104 Å². The minimum absolute atomic E-state index is 0.0560. The van der Waals surface area contributed by atoms with Crippen LogP contribution in [-0.4, -0.2) is 55.8 Å². The molecule has 0 amide bonds. The van der Waals surface area contributed by atoms with E-state index in [1.165, 1.54) is 17.2 Å². The molecule has 2 heterocycles. The van der Waals surface area contributed by atoms with Crippen LogP contribution in [0.1, 0.15) is 52.8 Å². The first-order valence-electron chi connectivity index (χ1n) is 11.0. The molecule has 1 aromatic rings. The van der Waals surface area contributed by atoms with Crippen LogP contribution < -0.4 is 11.2 Å². The van der Waals surface area contributed by atoms with Gasteiger partial charge in [0.1, 0.15) is 12.2 Å². The van der Waals surface area contributed by atoms with E-state index >= 15 is 0 Å². The van der Waals surface area contributed by atoms with Crippen LogP contribution in [0.5, 0.6) is 0 Å². The lowest BCUT2D eigenvalue weighted by Crippen LogP contribution is -2.50. The Bertz CT molecular complexity index is 910. The van der Waals surface area contributed by atoms with Crippen molar-refractivity contribution in [2.24, 2.45) is 4.99 Å². The van der Waals surface area contributed by atoms with Crippen LogP contribution in [0, 0.1) is 6.92 Å². The van der Waals surface area contributed by atoms with Crippen molar-refractivity contribution in [3.05, 3.63) is 32.6 Å². The zero-order valence-electron chi connectivity index (χ0n) is 20.7. The molecule has 0 radical (unpaired) electrons. The molecule has 9 nitrogen and oxygen atoms in total. The van der Waals surface area contributed by atoms with E-state index in [0.29, 0.717) is 18.5 Å². The van der Waals surface area contributed by atoms with Gasteiger partial charge in [-0.25, -0.2) is 4.79 Å². The summed E-state index contributed by atoms with van der Waals surface area (Å²) in [5.41, 5.74) is -0.518. The Kier molecular flexibility index (Phi) is 9.03. The molecule has 32 heavy (non-hydrogen) atoms. The van der Waals surface area contributed by atoms with Crippen molar-refractivity contribution in [1.82, 2.24) is 9.55 Å². The molecule has 2 rings (SSSR count). The third kappa shape index (κ3) is 6.17. The molecule has 1 saturated heterocycles. The smallest absolute Gasteiger partial charge is 0.330 e. The quantitative estimate of drug-likeness (QED) is 0.245. The number of rotatable bonds is 9. The van der Waals surface area contributed by atoms with Crippen LogP contribution in [0.25, 0.3) is 0 Å². The monoisotopic (exact) mass is 487 g/mol. The molecule has 182 valence electrons. The fraction of sp³-hybridized carbons (Fsp3) is 0.762. The van der Waals surface area contributed by atoms with Gasteiger partial charge in [-0.1, -0.05) is 27.7 Å². The molecule has 0 aliphatic carbocycles. The van der Waals surface area contributed by atoms with Gasteiger partial charge in [0.05, 0.1) is 6.10 Å². The van der Waals surface area contributed by atoms with E-state index < -0.39 is 46.4 Å². The molecular formula is C21H38N3O6PSi. The molecule has 0 saturated carbocycles. The summed E-state index contributed by atoms with van der Waals surface area (Å²) in [6.45, 7) is 18.8. The molecular weight excluding hydrogens is 449 g/mol. The maximum absolute atomic E-state index is 12.7. The molecule has 1 fully saturated rings. The molecule has 0 bridgehead atoms. The Labute approximate surface area is 192 Å². The molecule has 5 atom stereocenters. The predicted octanol–water partition coefficient (Wildman–Crippen LogP) is 3.93. The van der Waals surface area contributed by atoms with Gasteiger partial charge in [0, 0.05) is 25.0 Å². The highest BCUT2D eigenvalue weighted by Gasteiger charge is 2.52. The Morgan fingerprint density at radius 1 is 1.28 bits per heavy atom. The minimum Gasteiger partial charge on any atom is -0.437 e. The largest absolute Gasteiger partial charge is 0.437 e. The lowest BCUT2D eigenvalue weighted by Gasteiger charge is -2.40. The van der Waals surface area contributed by atoms with Crippen LogP contribution in [0.3, 0.4) is 0 Å². The number of hydrogen-bond donors (Lipinski definition) is 1. The summed E-state index contributed by atoms with van der Waals surface area (Å²) in [4.78, 5) is 31.1. The fourth-order valence-electron chi connectivity index (χ4n) is 3.18. The zero-order chi connectivity index (χ0) is 24.3. The standard InChI is InChI=1S/C21H38N3O6PSi/c1-10-15-16(29-31(7)27-13-22-11-2)17(30-32(8,9)21(4,5)6)19(28-15)24-12-14(3)18(25)23-20(24)26/h12-13,15-17,19H,10-11H2,1-9H3,(H,23,25,26). The van der Waals surface area contributed by atoms with E-state index in [1.807, 2.05) is 20.5 Å². The molecule has 11 heteroatoms. The van der Waals surface area contributed by atoms with Gasteiger partial charge in [-0.2, -0.15) is 0 Å². The summed E-state index contributed by atoms with van der Waals surface area (Å²) in [5, 5.41) is -0.0560. The van der Waals surface area contributed by atoms with E-state index in [-0.39, 0.29) is 11.1 Å². The first-order chi connectivity index (χ1) is 14.8. The molecule has 1 aliphatic rings. The summed E-state index contributed by atoms with van der Waals surface area (Å²) < 4.78 is 26.4. The van der Waals surface area contributed by atoms with E-state index in [1.54, 1.807) is 6.92 Å². The molecule has 0 spiro atoms. The van der Waals surface area contributed by atoms with Gasteiger partial charge in [0.2, 0.25) is 8.38 Å². The third-order valence-electron chi connectivity index (χ3n) is 6.07. The number of aromatic amines is 1. The van der Waals surface area contributed by atoms with Gasteiger partial charge in [0.15, 0.2) is 20.9 Å². The predicted molar refractivity (Wildman–Crippen MR) is 130 cm³/mol. The van der Waals surface area contributed by atoms with Gasteiger partial charge in [0.25, 0.3) is 5.56 Å². The second-order valence-electron chi connectivity index (χ2n) is 9.51. The van der Waals surface area contributed by atoms with Crippen LogP contribution in [-0.2, 0) is 18.2 Å².